The number of nitrogens with zero attached hydrogens (tertiary/aromatic N) is 5. The standard InChI is InChI=1S/C53H33N5/c1-4-16-34(17-5-1)35-28-30-37(31-29-35)52-54-51(36-18-6-2-7-19-36)55-53(56-52)58-46-33-32-45-47(43-26-14-15-27-44(43)57(45)38-20-8-3-9-21-38)49(46)48-41-24-12-10-22-39(41)40-23-11-13-25-42(40)50(48)58/h1-33H. The highest BCUT2D eigenvalue weighted by molar-refractivity contribution is 6.38. The second-order valence-corrected chi connectivity index (χ2v) is 14.8. The average Bonchev–Trinajstić information content (AvgIpc) is 3.84. The van der Waals surface area contributed by atoms with E-state index < -0.39 is 0 Å². The average molecular weight is 740 g/mol. The second-order valence-electron chi connectivity index (χ2n) is 14.8. The Morgan fingerprint density at radius 1 is 0.276 bits per heavy atom. The van der Waals surface area contributed by atoms with Crippen LogP contribution in [0.2, 0.25) is 0 Å². The molecule has 0 saturated heterocycles. The lowest BCUT2D eigenvalue weighted by Crippen LogP contribution is -2.06. The lowest BCUT2D eigenvalue weighted by molar-refractivity contribution is 0.955. The second kappa shape index (κ2) is 12.8. The molecule has 0 saturated carbocycles. The number of benzene rings is 9. The van der Waals surface area contributed by atoms with Crippen LogP contribution in [0.3, 0.4) is 0 Å². The fourth-order valence-electron chi connectivity index (χ4n) is 9.03. The van der Waals surface area contributed by atoms with E-state index in [1.807, 2.05) is 24.3 Å². The molecule has 3 aromatic heterocycles. The lowest BCUT2D eigenvalue weighted by Gasteiger charge is -2.13. The van der Waals surface area contributed by atoms with E-state index in [2.05, 4.69) is 185 Å². The summed E-state index contributed by atoms with van der Waals surface area (Å²) in [5.74, 6) is 1.81. The molecule has 9 aromatic carbocycles. The highest BCUT2D eigenvalue weighted by Gasteiger charge is 2.25. The molecule has 12 aromatic rings. The summed E-state index contributed by atoms with van der Waals surface area (Å²) in [4.78, 5) is 15.9. The molecule has 0 radical (unpaired) electrons. The van der Waals surface area contributed by atoms with E-state index in [1.165, 1.54) is 43.3 Å². The molecule has 0 fully saturated rings. The molecule has 5 nitrogen and oxygen atoms in total. The lowest BCUT2D eigenvalue weighted by atomic mass is 9.95. The van der Waals surface area contributed by atoms with E-state index in [9.17, 15) is 0 Å². The van der Waals surface area contributed by atoms with E-state index in [-0.39, 0.29) is 0 Å². The van der Waals surface area contributed by atoms with Crippen LogP contribution in [0.15, 0.2) is 200 Å². The van der Waals surface area contributed by atoms with Gasteiger partial charge in [0.2, 0.25) is 5.95 Å². The molecule has 0 aliphatic heterocycles. The van der Waals surface area contributed by atoms with Gasteiger partial charge in [-0.05, 0) is 57.6 Å². The van der Waals surface area contributed by atoms with E-state index in [0.717, 1.165) is 49.8 Å². The first-order chi connectivity index (χ1) is 28.8. The van der Waals surface area contributed by atoms with Crippen LogP contribution in [-0.4, -0.2) is 24.1 Å². The Bertz CT molecular complexity index is 3530. The Morgan fingerprint density at radius 3 is 1.41 bits per heavy atom. The quantitative estimate of drug-likeness (QED) is 0.165. The van der Waals surface area contributed by atoms with Crippen molar-refractivity contribution in [2.45, 2.75) is 0 Å². The number of hydrogen-bond donors (Lipinski definition) is 0. The summed E-state index contributed by atoms with van der Waals surface area (Å²) >= 11 is 0. The van der Waals surface area contributed by atoms with Gasteiger partial charge in [0.15, 0.2) is 11.6 Å². The maximum absolute atomic E-state index is 5.39. The van der Waals surface area contributed by atoms with Crippen LogP contribution in [0.1, 0.15) is 0 Å². The molecule has 5 heteroatoms. The van der Waals surface area contributed by atoms with Crippen LogP contribution < -0.4 is 0 Å². The third kappa shape index (κ3) is 4.87. The molecule has 0 bridgehead atoms. The van der Waals surface area contributed by atoms with E-state index in [4.69, 9.17) is 15.0 Å². The van der Waals surface area contributed by atoms with E-state index in [1.54, 1.807) is 0 Å². The van der Waals surface area contributed by atoms with Crippen LogP contribution in [0.4, 0.5) is 0 Å². The largest absolute Gasteiger partial charge is 0.309 e. The SMILES string of the molecule is c1ccc(-c2ccc(-c3nc(-c4ccccc4)nc(-n4c5ccc6c(c7ccccc7n6-c6ccccc6)c5c5c6ccccc6c6ccccc6c54)n3)cc2)cc1. The van der Waals surface area contributed by atoms with Crippen molar-refractivity contribution in [2.24, 2.45) is 0 Å². The Morgan fingerprint density at radius 2 is 0.741 bits per heavy atom. The first-order valence-corrected chi connectivity index (χ1v) is 19.6. The molecule has 3 heterocycles. The molecular weight excluding hydrogens is 707 g/mol. The summed E-state index contributed by atoms with van der Waals surface area (Å²) in [5.41, 5.74) is 9.70. The van der Waals surface area contributed by atoms with Crippen molar-refractivity contribution in [2.75, 3.05) is 0 Å². The van der Waals surface area contributed by atoms with Crippen LogP contribution in [0, 0.1) is 0 Å². The molecule has 0 spiro atoms. The Kier molecular flexibility index (Phi) is 7.16. The zero-order valence-electron chi connectivity index (χ0n) is 31.3. The van der Waals surface area contributed by atoms with Crippen molar-refractivity contribution in [3.05, 3.63) is 200 Å². The van der Waals surface area contributed by atoms with Crippen molar-refractivity contribution in [3.63, 3.8) is 0 Å². The molecule has 0 atom stereocenters. The van der Waals surface area contributed by atoms with E-state index in [0.29, 0.717) is 17.6 Å². The van der Waals surface area contributed by atoms with Gasteiger partial charge in [-0.25, -0.2) is 4.98 Å². The third-order valence-electron chi connectivity index (χ3n) is 11.6. The van der Waals surface area contributed by atoms with Crippen LogP contribution in [0.25, 0.3) is 111 Å². The van der Waals surface area contributed by atoms with Gasteiger partial charge in [0.05, 0.1) is 22.1 Å². The maximum atomic E-state index is 5.39. The first kappa shape index (κ1) is 32.4. The molecule has 0 unspecified atom stereocenters. The predicted molar refractivity (Wildman–Crippen MR) is 240 cm³/mol. The minimum Gasteiger partial charge on any atom is -0.309 e. The predicted octanol–water partition coefficient (Wildman–Crippen LogP) is 13.4. The highest BCUT2D eigenvalue weighted by atomic mass is 15.2. The highest BCUT2D eigenvalue weighted by Crippen LogP contribution is 2.47. The van der Waals surface area contributed by atoms with Crippen molar-refractivity contribution in [1.82, 2.24) is 24.1 Å². The molecule has 0 aliphatic rings. The number of fused-ring (bicyclic) bond motifs is 12. The normalized spacial score (nSPS) is 11.8. The molecule has 0 amide bonds. The molecule has 58 heavy (non-hydrogen) atoms. The zero-order chi connectivity index (χ0) is 38.2. The molecule has 0 aliphatic carbocycles. The topological polar surface area (TPSA) is 48.5 Å². The van der Waals surface area contributed by atoms with Gasteiger partial charge < -0.3 is 4.57 Å². The third-order valence-corrected chi connectivity index (χ3v) is 11.6. The van der Waals surface area contributed by atoms with Crippen LogP contribution in [0.5, 0.6) is 0 Å². The van der Waals surface area contributed by atoms with Gasteiger partial charge in [0.1, 0.15) is 0 Å². The summed E-state index contributed by atoms with van der Waals surface area (Å²) in [6, 6.07) is 70.7. The zero-order valence-corrected chi connectivity index (χ0v) is 31.3. The van der Waals surface area contributed by atoms with Gasteiger partial charge in [0.25, 0.3) is 0 Å². The summed E-state index contributed by atoms with van der Waals surface area (Å²) < 4.78 is 4.69. The minimum atomic E-state index is 0.572. The summed E-state index contributed by atoms with van der Waals surface area (Å²) in [6.07, 6.45) is 0. The van der Waals surface area contributed by atoms with Gasteiger partial charge in [0, 0.05) is 43.7 Å². The monoisotopic (exact) mass is 739 g/mol. The summed E-state index contributed by atoms with van der Waals surface area (Å²) in [6.45, 7) is 0. The van der Waals surface area contributed by atoms with Crippen molar-refractivity contribution in [3.8, 4) is 45.5 Å². The van der Waals surface area contributed by atoms with Crippen molar-refractivity contribution >= 4 is 65.2 Å². The molecular formula is C53H33N5. The summed E-state index contributed by atoms with van der Waals surface area (Å²) in [5, 5.41) is 9.50. The maximum Gasteiger partial charge on any atom is 0.238 e. The fourth-order valence-corrected chi connectivity index (χ4v) is 9.03. The number of para-hydroxylation sites is 2. The fraction of sp³-hybridized carbons (Fsp3) is 0. The molecule has 0 N–H and O–H groups in total. The smallest absolute Gasteiger partial charge is 0.238 e. The van der Waals surface area contributed by atoms with Gasteiger partial charge >= 0.3 is 0 Å². The summed E-state index contributed by atoms with van der Waals surface area (Å²) in [7, 11) is 0. The Hall–Kier alpha value is -7.89. The van der Waals surface area contributed by atoms with Gasteiger partial charge in [-0.3, -0.25) is 4.57 Å². The Balaban J connectivity index is 1.24. The van der Waals surface area contributed by atoms with Crippen LogP contribution in [-0.2, 0) is 0 Å². The molecule has 270 valence electrons. The number of hydrogen-bond acceptors (Lipinski definition) is 3. The van der Waals surface area contributed by atoms with E-state index >= 15 is 0 Å². The number of rotatable bonds is 5. The Labute approximate surface area is 333 Å². The van der Waals surface area contributed by atoms with Gasteiger partial charge in [-0.15, -0.1) is 0 Å². The number of aromatic nitrogens is 5. The first-order valence-electron chi connectivity index (χ1n) is 19.6. The minimum absolute atomic E-state index is 0.572. The molecule has 12 rings (SSSR count). The van der Waals surface area contributed by atoms with Crippen LogP contribution >= 0.6 is 0 Å². The van der Waals surface area contributed by atoms with Gasteiger partial charge in [-0.1, -0.05) is 170 Å². The van der Waals surface area contributed by atoms with Crippen molar-refractivity contribution < 1.29 is 0 Å². The van der Waals surface area contributed by atoms with Crippen molar-refractivity contribution in [1.29, 1.82) is 0 Å². The van der Waals surface area contributed by atoms with Gasteiger partial charge in [-0.2, -0.15) is 9.97 Å².